The Morgan fingerprint density at radius 2 is 2.07 bits per heavy atom. The zero-order valence-electron chi connectivity index (χ0n) is 15.9. The molecule has 0 radical (unpaired) electrons. The van der Waals surface area contributed by atoms with E-state index < -0.39 is 0 Å². The van der Waals surface area contributed by atoms with E-state index in [1.54, 1.807) is 19.5 Å². The van der Waals surface area contributed by atoms with Gasteiger partial charge in [0.1, 0.15) is 11.6 Å². The van der Waals surface area contributed by atoms with Crippen LogP contribution in [0.4, 0.5) is 0 Å². The van der Waals surface area contributed by atoms with Crippen LogP contribution in [-0.4, -0.2) is 42.7 Å². The Morgan fingerprint density at radius 1 is 1.30 bits per heavy atom. The Morgan fingerprint density at radius 3 is 2.78 bits per heavy atom. The van der Waals surface area contributed by atoms with E-state index in [2.05, 4.69) is 28.9 Å². The lowest BCUT2D eigenvalue weighted by atomic mass is 9.83. The third kappa shape index (κ3) is 3.24. The third-order valence-electron chi connectivity index (χ3n) is 5.71. The fourth-order valence-electron chi connectivity index (χ4n) is 4.27. The van der Waals surface area contributed by atoms with E-state index in [9.17, 15) is 4.79 Å². The average molecular weight is 367 g/mol. The molecule has 1 aliphatic carbocycles. The monoisotopic (exact) mass is 367 g/mol. The zero-order chi connectivity index (χ0) is 19.0. The molecule has 6 nitrogen and oxygen atoms in total. The van der Waals surface area contributed by atoms with Gasteiger partial charge < -0.3 is 14.4 Å². The lowest BCUT2D eigenvalue weighted by Crippen LogP contribution is -2.45. The second-order valence-corrected chi connectivity index (χ2v) is 7.30. The predicted molar refractivity (Wildman–Crippen MR) is 104 cm³/mol. The number of aliphatic imine (C=N–C) groups is 2. The SMILES string of the molecule is CCOC(=O)C1CC1C1N=C2C=NC=CN2C(c2ccc(OC)cc2)C1C. The van der Waals surface area contributed by atoms with Crippen molar-refractivity contribution in [3.63, 3.8) is 0 Å². The maximum absolute atomic E-state index is 12.1. The van der Waals surface area contributed by atoms with Crippen molar-refractivity contribution in [3.05, 3.63) is 42.2 Å². The van der Waals surface area contributed by atoms with E-state index in [1.807, 2.05) is 25.3 Å². The van der Waals surface area contributed by atoms with Crippen LogP contribution in [0.25, 0.3) is 0 Å². The van der Waals surface area contributed by atoms with E-state index in [0.29, 0.717) is 6.61 Å². The lowest BCUT2D eigenvalue weighted by Gasteiger charge is -2.42. The molecular formula is C21H25N3O3. The molecule has 0 saturated heterocycles. The van der Waals surface area contributed by atoms with E-state index in [1.165, 1.54) is 5.56 Å². The van der Waals surface area contributed by atoms with Crippen molar-refractivity contribution < 1.29 is 14.3 Å². The molecule has 0 bridgehead atoms. The largest absolute Gasteiger partial charge is 0.497 e. The first-order chi connectivity index (χ1) is 13.1. The summed E-state index contributed by atoms with van der Waals surface area (Å²) in [6.45, 7) is 4.50. The first kappa shape index (κ1) is 17.8. The van der Waals surface area contributed by atoms with Crippen LogP contribution in [0, 0.1) is 17.8 Å². The average Bonchev–Trinajstić information content (AvgIpc) is 3.49. The number of carbonyl (C=O) groups excluding carboxylic acids is 1. The molecular weight excluding hydrogens is 342 g/mol. The number of carbonyl (C=O) groups is 1. The van der Waals surface area contributed by atoms with Gasteiger partial charge in [-0.1, -0.05) is 19.1 Å². The fourth-order valence-corrected chi connectivity index (χ4v) is 4.27. The van der Waals surface area contributed by atoms with Gasteiger partial charge >= 0.3 is 5.97 Å². The number of fused-ring (bicyclic) bond motifs is 1. The number of amidine groups is 1. The molecule has 0 amide bonds. The first-order valence-corrected chi connectivity index (χ1v) is 9.50. The highest BCUT2D eigenvalue weighted by Crippen LogP contribution is 2.50. The molecule has 6 heteroatoms. The van der Waals surface area contributed by atoms with Gasteiger partial charge in [0, 0.05) is 18.3 Å². The summed E-state index contributed by atoms with van der Waals surface area (Å²) in [7, 11) is 1.67. The number of benzene rings is 1. The van der Waals surface area contributed by atoms with Gasteiger partial charge in [-0.2, -0.15) is 0 Å². The topological polar surface area (TPSA) is 63.5 Å². The normalized spacial score (nSPS) is 31.1. The predicted octanol–water partition coefficient (Wildman–Crippen LogP) is 3.21. The van der Waals surface area contributed by atoms with Crippen molar-refractivity contribution in [2.24, 2.45) is 27.7 Å². The molecule has 5 atom stereocenters. The molecule has 4 rings (SSSR count). The van der Waals surface area contributed by atoms with E-state index in [-0.39, 0.29) is 35.8 Å². The summed E-state index contributed by atoms with van der Waals surface area (Å²) >= 11 is 0. The Hall–Kier alpha value is -2.63. The molecule has 0 N–H and O–H groups in total. The zero-order valence-corrected chi connectivity index (χ0v) is 15.9. The molecule has 0 aromatic heterocycles. The number of hydrogen-bond acceptors (Lipinski definition) is 6. The van der Waals surface area contributed by atoms with Crippen LogP contribution in [0.3, 0.4) is 0 Å². The van der Waals surface area contributed by atoms with Gasteiger partial charge in [0.2, 0.25) is 0 Å². The minimum atomic E-state index is -0.0875. The van der Waals surface area contributed by atoms with Crippen LogP contribution < -0.4 is 4.74 Å². The summed E-state index contributed by atoms with van der Waals surface area (Å²) in [6, 6.07) is 8.41. The molecule has 0 spiro atoms. The molecule has 5 unspecified atom stereocenters. The summed E-state index contributed by atoms with van der Waals surface area (Å²) in [4.78, 5) is 23.5. The van der Waals surface area contributed by atoms with E-state index in [4.69, 9.17) is 14.5 Å². The van der Waals surface area contributed by atoms with Crippen molar-refractivity contribution in [2.45, 2.75) is 32.4 Å². The third-order valence-corrected chi connectivity index (χ3v) is 5.71. The van der Waals surface area contributed by atoms with Crippen LogP contribution in [0.2, 0.25) is 0 Å². The number of hydrogen-bond donors (Lipinski definition) is 0. The molecule has 1 saturated carbocycles. The molecule has 2 heterocycles. The van der Waals surface area contributed by atoms with Gasteiger partial charge in [-0.05, 0) is 37.0 Å². The summed E-state index contributed by atoms with van der Waals surface area (Å²) < 4.78 is 10.5. The quantitative estimate of drug-likeness (QED) is 0.750. The Labute approximate surface area is 159 Å². The van der Waals surface area contributed by atoms with Crippen LogP contribution in [0.1, 0.15) is 31.9 Å². The number of rotatable bonds is 5. The second kappa shape index (κ2) is 7.18. The van der Waals surface area contributed by atoms with E-state index in [0.717, 1.165) is 18.0 Å². The van der Waals surface area contributed by atoms with Crippen molar-refractivity contribution in [3.8, 4) is 5.75 Å². The summed E-state index contributed by atoms with van der Waals surface area (Å²) in [5.41, 5.74) is 1.20. The lowest BCUT2D eigenvalue weighted by molar-refractivity contribution is -0.145. The Kier molecular flexibility index (Phi) is 4.72. The molecule has 1 aromatic rings. The Balaban J connectivity index is 1.63. The first-order valence-electron chi connectivity index (χ1n) is 9.50. The number of methoxy groups -OCH3 is 1. The van der Waals surface area contributed by atoms with Gasteiger partial charge in [0.15, 0.2) is 0 Å². The maximum Gasteiger partial charge on any atom is 0.309 e. The van der Waals surface area contributed by atoms with Crippen molar-refractivity contribution in [1.29, 1.82) is 0 Å². The molecule has 3 aliphatic rings. The number of ether oxygens (including phenoxy) is 2. The molecule has 1 aromatic carbocycles. The highest BCUT2D eigenvalue weighted by Gasteiger charge is 2.53. The van der Waals surface area contributed by atoms with Gasteiger partial charge in [0.25, 0.3) is 0 Å². The Bertz CT molecular complexity index is 799. The highest BCUT2D eigenvalue weighted by atomic mass is 16.5. The van der Waals surface area contributed by atoms with Crippen molar-refractivity contribution in [1.82, 2.24) is 4.90 Å². The van der Waals surface area contributed by atoms with Gasteiger partial charge in [-0.25, -0.2) is 0 Å². The van der Waals surface area contributed by atoms with E-state index >= 15 is 0 Å². The minimum absolute atomic E-state index is 0.0270. The molecule has 142 valence electrons. The van der Waals surface area contributed by atoms with Crippen LogP contribution in [0.15, 0.2) is 46.7 Å². The van der Waals surface area contributed by atoms with Gasteiger partial charge in [-0.15, -0.1) is 0 Å². The summed E-state index contributed by atoms with van der Waals surface area (Å²) in [5, 5.41) is 0. The second-order valence-electron chi connectivity index (χ2n) is 7.30. The maximum atomic E-state index is 12.1. The minimum Gasteiger partial charge on any atom is -0.497 e. The van der Waals surface area contributed by atoms with Crippen molar-refractivity contribution >= 4 is 18.0 Å². The molecule has 1 fully saturated rings. The highest BCUT2D eigenvalue weighted by molar-refractivity contribution is 6.30. The van der Waals surface area contributed by atoms with Crippen LogP contribution in [-0.2, 0) is 9.53 Å². The molecule has 2 aliphatic heterocycles. The van der Waals surface area contributed by atoms with Crippen molar-refractivity contribution in [2.75, 3.05) is 13.7 Å². The summed E-state index contributed by atoms with van der Waals surface area (Å²) in [6.07, 6.45) is 6.43. The fraction of sp³-hybridized carbons (Fsp3) is 0.476. The summed E-state index contributed by atoms with van der Waals surface area (Å²) in [5.74, 6) is 2.08. The number of esters is 1. The van der Waals surface area contributed by atoms with Gasteiger partial charge in [0.05, 0.1) is 37.9 Å². The van der Waals surface area contributed by atoms with Crippen LogP contribution >= 0.6 is 0 Å². The van der Waals surface area contributed by atoms with Crippen LogP contribution in [0.5, 0.6) is 5.75 Å². The smallest absolute Gasteiger partial charge is 0.309 e. The van der Waals surface area contributed by atoms with Gasteiger partial charge in [-0.3, -0.25) is 14.8 Å². The standard InChI is InChI=1S/C21H25N3O3/c1-4-27-21(25)17-11-16(17)19-13(2)20(14-5-7-15(26-3)8-6-14)24-10-9-22-12-18(24)23-19/h5-10,12-13,16-17,19-20H,4,11H2,1-3H3. The molecule has 27 heavy (non-hydrogen) atoms. The number of nitrogens with zero attached hydrogens (tertiary/aromatic N) is 3.